The van der Waals surface area contributed by atoms with Crippen LogP contribution in [0.25, 0.3) is 0 Å². The van der Waals surface area contributed by atoms with E-state index in [9.17, 15) is 9.59 Å². The Morgan fingerprint density at radius 3 is 2.55 bits per heavy atom. The van der Waals surface area contributed by atoms with E-state index in [1.54, 1.807) is 11.9 Å². The van der Waals surface area contributed by atoms with E-state index < -0.39 is 0 Å². The zero-order valence-corrected chi connectivity index (χ0v) is 12.8. The van der Waals surface area contributed by atoms with Crippen LogP contribution in [0.2, 0.25) is 0 Å². The third kappa shape index (κ3) is 5.97. The molecule has 0 aliphatic carbocycles. The van der Waals surface area contributed by atoms with Gasteiger partial charge >= 0.3 is 0 Å². The number of hydrogen-bond acceptors (Lipinski definition) is 3. The maximum absolute atomic E-state index is 12.1. The number of hydrogen-bond donors (Lipinski definition) is 1. The van der Waals surface area contributed by atoms with E-state index in [1.165, 1.54) is 0 Å². The SMILES string of the molecule is Cc1cccc(C(=O)CN(C)CC(=O)NCC(C)C)c1. The maximum atomic E-state index is 12.1. The summed E-state index contributed by atoms with van der Waals surface area (Å²) in [6.45, 7) is 7.21. The van der Waals surface area contributed by atoms with Gasteiger partial charge in [-0.05, 0) is 26.0 Å². The zero-order chi connectivity index (χ0) is 15.1. The molecule has 0 saturated heterocycles. The summed E-state index contributed by atoms with van der Waals surface area (Å²) in [5.74, 6) is 0.421. The molecule has 110 valence electrons. The Labute approximate surface area is 121 Å². The summed E-state index contributed by atoms with van der Waals surface area (Å²) in [7, 11) is 1.78. The Kier molecular flexibility index (Phi) is 6.39. The third-order valence-corrected chi connectivity index (χ3v) is 2.87. The molecule has 0 aliphatic rings. The fourth-order valence-corrected chi connectivity index (χ4v) is 1.83. The number of amides is 1. The van der Waals surface area contributed by atoms with E-state index in [-0.39, 0.29) is 24.8 Å². The molecule has 1 aromatic rings. The van der Waals surface area contributed by atoms with Crippen LogP contribution in [-0.2, 0) is 4.79 Å². The van der Waals surface area contributed by atoms with Crippen molar-refractivity contribution in [1.82, 2.24) is 10.2 Å². The number of Topliss-reactive ketones (excluding diaryl/α,β-unsaturated/α-hetero) is 1. The van der Waals surface area contributed by atoms with Crippen LogP contribution in [0.5, 0.6) is 0 Å². The molecule has 0 saturated carbocycles. The Morgan fingerprint density at radius 1 is 1.25 bits per heavy atom. The number of ketones is 1. The van der Waals surface area contributed by atoms with Crippen LogP contribution in [-0.4, -0.2) is 43.3 Å². The molecule has 20 heavy (non-hydrogen) atoms. The summed E-state index contributed by atoms with van der Waals surface area (Å²) in [5, 5.41) is 2.84. The van der Waals surface area contributed by atoms with Gasteiger partial charge < -0.3 is 5.32 Å². The van der Waals surface area contributed by atoms with Crippen molar-refractivity contribution in [2.75, 3.05) is 26.7 Å². The number of carbonyl (C=O) groups is 2. The van der Waals surface area contributed by atoms with Crippen LogP contribution in [0, 0.1) is 12.8 Å². The first-order valence-corrected chi connectivity index (χ1v) is 6.93. The zero-order valence-electron chi connectivity index (χ0n) is 12.8. The van der Waals surface area contributed by atoms with E-state index >= 15 is 0 Å². The maximum Gasteiger partial charge on any atom is 0.234 e. The Morgan fingerprint density at radius 2 is 1.95 bits per heavy atom. The lowest BCUT2D eigenvalue weighted by atomic mass is 10.1. The van der Waals surface area contributed by atoms with Crippen molar-refractivity contribution < 1.29 is 9.59 Å². The molecule has 1 amide bonds. The average molecular weight is 276 g/mol. The smallest absolute Gasteiger partial charge is 0.234 e. The minimum absolute atomic E-state index is 0.0351. The van der Waals surface area contributed by atoms with Gasteiger partial charge in [0, 0.05) is 12.1 Å². The predicted molar refractivity (Wildman–Crippen MR) is 80.9 cm³/mol. The molecule has 0 bridgehead atoms. The molecule has 0 aliphatic heterocycles. The topological polar surface area (TPSA) is 49.4 Å². The minimum atomic E-state index is -0.0433. The highest BCUT2D eigenvalue weighted by Gasteiger charge is 2.12. The van der Waals surface area contributed by atoms with Crippen LogP contribution in [0.4, 0.5) is 0 Å². The van der Waals surface area contributed by atoms with E-state index in [0.29, 0.717) is 18.0 Å². The van der Waals surface area contributed by atoms with Crippen molar-refractivity contribution in [3.63, 3.8) is 0 Å². The summed E-state index contributed by atoms with van der Waals surface area (Å²) in [6, 6.07) is 7.51. The lowest BCUT2D eigenvalue weighted by Gasteiger charge is -2.16. The number of rotatable bonds is 7. The molecule has 0 atom stereocenters. The first-order chi connectivity index (χ1) is 9.38. The largest absolute Gasteiger partial charge is 0.355 e. The quantitative estimate of drug-likeness (QED) is 0.774. The third-order valence-electron chi connectivity index (χ3n) is 2.87. The van der Waals surface area contributed by atoms with Crippen LogP contribution >= 0.6 is 0 Å². The van der Waals surface area contributed by atoms with Gasteiger partial charge in [0.2, 0.25) is 5.91 Å². The van der Waals surface area contributed by atoms with E-state index in [1.807, 2.05) is 45.0 Å². The second kappa shape index (κ2) is 7.80. The summed E-state index contributed by atoms with van der Waals surface area (Å²) >= 11 is 0. The van der Waals surface area contributed by atoms with Gasteiger partial charge in [0.15, 0.2) is 5.78 Å². The number of carbonyl (C=O) groups excluding carboxylic acids is 2. The molecule has 0 heterocycles. The number of nitrogens with zero attached hydrogens (tertiary/aromatic N) is 1. The highest BCUT2D eigenvalue weighted by molar-refractivity contribution is 5.98. The van der Waals surface area contributed by atoms with Gasteiger partial charge in [-0.15, -0.1) is 0 Å². The molecule has 1 N–H and O–H groups in total. The average Bonchev–Trinajstić information content (AvgIpc) is 2.36. The molecule has 0 unspecified atom stereocenters. The van der Waals surface area contributed by atoms with Crippen molar-refractivity contribution in [1.29, 1.82) is 0 Å². The summed E-state index contributed by atoms with van der Waals surface area (Å²) in [5.41, 5.74) is 1.76. The van der Waals surface area contributed by atoms with Gasteiger partial charge in [-0.1, -0.05) is 37.6 Å². The second-order valence-electron chi connectivity index (χ2n) is 5.66. The molecule has 4 nitrogen and oxygen atoms in total. The Hall–Kier alpha value is -1.68. The molecule has 0 aromatic heterocycles. The number of aryl methyl sites for hydroxylation is 1. The van der Waals surface area contributed by atoms with Gasteiger partial charge in [-0.25, -0.2) is 0 Å². The van der Waals surface area contributed by atoms with Crippen LogP contribution in [0.15, 0.2) is 24.3 Å². The fourth-order valence-electron chi connectivity index (χ4n) is 1.83. The molecular weight excluding hydrogens is 252 g/mol. The van der Waals surface area contributed by atoms with Crippen molar-refractivity contribution >= 4 is 11.7 Å². The molecule has 0 spiro atoms. The summed E-state index contributed by atoms with van der Waals surface area (Å²) < 4.78 is 0. The van der Waals surface area contributed by atoms with Crippen molar-refractivity contribution in [2.24, 2.45) is 5.92 Å². The normalized spacial score (nSPS) is 10.9. The molecule has 1 aromatic carbocycles. The van der Waals surface area contributed by atoms with Crippen LogP contribution in [0.3, 0.4) is 0 Å². The van der Waals surface area contributed by atoms with Gasteiger partial charge in [0.25, 0.3) is 0 Å². The molecule has 0 radical (unpaired) electrons. The number of nitrogens with one attached hydrogen (secondary N) is 1. The Balaban J connectivity index is 2.44. The molecular formula is C16H24N2O2. The standard InChI is InChI=1S/C16H24N2O2/c1-12(2)9-17-16(20)11-18(4)10-15(19)14-7-5-6-13(3)8-14/h5-8,12H,9-11H2,1-4H3,(H,17,20). The van der Waals surface area contributed by atoms with E-state index in [0.717, 1.165) is 5.56 Å². The fraction of sp³-hybridized carbons (Fsp3) is 0.500. The number of likely N-dealkylation sites (N-methyl/N-ethyl adjacent to an activating group) is 1. The van der Waals surface area contributed by atoms with Gasteiger partial charge in [-0.2, -0.15) is 0 Å². The lowest BCUT2D eigenvalue weighted by Crippen LogP contribution is -2.38. The van der Waals surface area contributed by atoms with E-state index in [2.05, 4.69) is 5.32 Å². The monoisotopic (exact) mass is 276 g/mol. The lowest BCUT2D eigenvalue weighted by molar-refractivity contribution is -0.121. The predicted octanol–water partition coefficient (Wildman–Crippen LogP) is 1.88. The summed E-state index contributed by atoms with van der Waals surface area (Å²) in [6.07, 6.45) is 0. The van der Waals surface area contributed by atoms with Gasteiger partial charge in [0.1, 0.15) is 0 Å². The highest BCUT2D eigenvalue weighted by atomic mass is 16.2. The first kappa shape index (κ1) is 16.4. The van der Waals surface area contributed by atoms with Crippen molar-refractivity contribution in [3.05, 3.63) is 35.4 Å². The summed E-state index contributed by atoms with van der Waals surface area (Å²) in [4.78, 5) is 25.5. The van der Waals surface area contributed by atoms with Crippen molar-refractivity contribution in [3.8, 4) is 0 Å². The number of benzene rings is 1. The molecule has 0 fully saturated rings. The second-order valence-corrected chi connectivity index (χ2v) is 5.66. The molecule has 4 heteroatoms. The van der Waals surface area contributed by atoms with Gasteiger partial charge in [0.05, 0.1) is 13.1 Å². The highest BCUT2D eigenvalue weighted by Crippen LogP contribution is 2.05. The van der Waals surface area contributed by atoms with Crippen LogP contribution < -0.4 is 5.32 Å². The first-order valence-electron chi connectivity index (χ1n) is 6.93. The van der Waals surface area contributed by atoms with E-state index in [4.69, 9.17) is 0 Å². The Bertz CT molecular complexity index is 469. The van der Waals surface area contributed by atoms with Crippen molar-refractivity contribution in [2.45, 2.75) is 20.8 Å². The molecule has 1 rings (SSSR count). The van der Waals surface area contributed by atoms with Gasteiger partial charge in [-0.3, -0.25) is 14.5 Å². The minimum Gasteiger partial charge on any atom is -0.355 e. The van der Waals surface area contributed by atoms with Crippen LogP contribution in [0.1, 0.15) is 29.8 Å².